The lowest BCUT2D eigenvalue weighted by Gasteiger charge is -2.32. The second-order valence-corrected chi connectivity index (χ2v) is 7.12. The molecule has 0 atom stereocenters. The van der Waals surface area contributed by atoms with Crippen molar-refractivity contribution in [2.75, 3.05) is 13.1 Å². The SMILES string of the molecule is CCCn1nc(C(=O)N2CCC(n3c(=O)[nH]c4ccccc43)CC2)ccc1=O. The third-order valence-electron chi connectivity index (χ3n) is 5.26. The summed E-state index contributed by atoms with van der Waals surface area (Å²) >= 11 is 0. The van der Waals surface area contributed by atoms with Crippen LogP contribution in [0.25, 0.3) is 11.0 Å². The van der Waals surface area contributed by atoms with E-state index in [1.165, 1.54) is 16.8 Å². The highest BCUT2D eigenvalue weighted by Crippen LogP contribution is 2.25. The highest BCUT2D eigenvalue weighted by atomic mass is 16.2. The molecule has 3 aromatic rings. The number of carbonyl (C=O) groups excluding carboxylic acids is 1. The summed E-state index contributed by atoms with van der Waals surface area (Å²) in [7, 11) is 0. The number of amides is 1. The molecule has 0 unspecified atom stereocenters. The van der Waals surface area contributed by atoms with Crippen LogP contribution >= 0.6 is 0 Å². The molecule has 2 aromatic heterocycles. The van der Waals surface area contributed by atoms with Crippen LogP contribution in [0, 0.1) is 0 Å². The van der Waals surface area contributed by atoms with Crippen LogP contribution in [0.4, 0.5) is 0 Å². The van der Waals surface area contributed by atoms with E-state index in [4.69, 9.17) is 0 Å². The van der Waals surface area contributed by atoms with E-state index in [-0.39, 0.29) is 28.9 Å². The molecule has 8 nitrogen and oxygen atoms in total. The maximum Gasteiger partial charge on any atom is 0.326 e. The first kappa shape index (κ1) is 18.2. The quantitative estimate of drug-likeness (QED) is 0.745. The van der Waals surface area contributed by atoms with Gasteiger partial charge in [-0.3, -0.25) is 14.2 Å². The number of H-pyrrole nitrogens is 1. The zero-order valence-electron chi connectivity index (χ0n) is 15.8. The van der Waals surface area contributed by atoms with Gasteiger partial charge in [0.1, 0.15) is 5.69 Å². The van der Waals surface area contributed by atoms with Gasteiger partial charge >= 0.3 is 5.69 Å². The minimum atomic E-state index is -0.198. The van der Waals surface area contributed by atoms with Gasteiger partial charge in [-0.05, 0) is 37.5 Å². The van der Waals surface area contributed by atoms with Crippen LogP contribution in [0.15, 0.2) is 46.0 Å². The molecular formula is C20H23N5O3. The Hall–Kier alpha value is -3.16. The molecule has 0 radical (unpaired) electrons. The third kappa shape index (κ3) is 3.26. The van der Waals surface area contributed by atoms with Crippen molar-refractivity contribution in [2.45, 2.75) is 38.8 Å². The standard InChI is InChI=1S/C20H23N5O3/c1-2-11-24-18(26)8-7-16(22-24)19(27)23-12-9-14(10-13-23)25-17-6-4-3-5-15(17)21-20(25)28/h3-8,14H,2,9-13H2,1H3,(H,21,28). The van der Waals surface area contributed by atoms with Gasteiger partial charge in [-0.1, -0.05) is 19.1 Å². The molecule has 1 aliphatic rings. The number of hydrogen-bond donors (Lipinski definition) is 1. The Labute approximate surface area is 161 Å². The van der Waals surface area contributed by atoms with Crippen LogP contribution in [-0.2, 0) is 6.54 Å². The van der Waals surface area contributed by atoms with Gasteiger partial charge in [0.25, 0.3) is 11.5 Å². The summed E-state index contributed by atoms with van der Waals surface area (Å²) in [6, 6.07) is 10.6. The molecule has 28 heavy (non-hydrogen) atoms. The van der Waals surface area contributed by atoms with E-state index in [0.717, 1.165) is 17.5 Å². The van der Waals surface area contributed by atoms with E-state index < -0.39 is 0 Å². The lowest BCUT2D eigenvalue weighted by atomic mass is 10.0. The van der Waals surface area contributed by atoms with Gasteiger partial charge in [0.15, 0.2) is 0 Å². The number of hydrogen-bond acceptors (Lipinski definition) is 4. The number of imidazole rings is 1. The minimum Gasteiger partial charge on any atom is -0.337 e. The Morgan fingerprint density at radius 3 is 2.64 bits per heavy atom. The Morgan fingerprint density at radius 1 is 1.14 bits per heavy atom. The van der Waals surface area contributed by atoms with E-state index in [1.54, 1.807) is 9.47 Å². The van der Waals surface area contributed by atoms with E-state index in [0.29, 0.717) is 32.5 Å². The number of nitrogens with one attached hydrogen (secondary N) is 1. The zero-order chi connectivity index (χ0) is 19.7. The predicted octanol–water partition coefficient (Wildman–Crippen LogP) is 1.77. The van der Waals surface area contributed by atoms with Crippen LogP contribution in [0.1, 0.15) is 42.7 Å². The van der Waals surface area contributed by atoms with Crippen molar-refractivity contribution < 1.29 is 4.79 Å². The summed E-state index contributed by atoms with van der Waals surface area (Å²) in [5.74, 6) is -0.172. The molecule has 0 spiro atoms. The van der Waals surface area contributed by atoms with E-state index in [1.807, 2.05) is 31.2 Å². The number of aromatic nitrogens is 4. The highest BCUT2D eigenvalue weighted by molar-refractivity contribution is 5.92. The molecule has 1 fully saturated rings. The van der Waals surface area contributed by atoms with Crippen molar-refractivity contribution >= 4 is 16.9 Å². The number of benzene rings is 1. The van der Waals surface area contributed by atoms with Crippen LogP contribution in [0.3, 0.4) is 0 Å². The molecule has 4 rings (SSSR count). The van der Waals surface area contributed by atoms with Crippen LogP contribution in [0.2, 0.25) is 0 Å². The molecule has 3 heterocycles. The summed E-state index contributed by atoms with van der Waals surface area (Å²) in [5, 5.41) is 4.21. The maximum absolute atomic E-state index is 12.8. The number of fused-ring (bicyclic) bond motifs is 1. The molecule has 0 aliphatic carbocycles. The second-order valence-electron chi connectivity index (χ2n) is 7.12. The van der Waals surface area contributed by atoms with Crippen LogP contribution in [0.5, 0.6) is 0 Å². The topological polar surface area (TPSA) is 93.0 Å². The number of rotatable bonds is 4. The van der Waals surface area contributed by atoms with E-state index in [9.17, 15) is 14.4 Å². The normalized spacial score (nSPS) is 15.2. The van der Waals surface area contributed by atoms with Crippen molar-refractivity contribution in [3.63, 3.8) is 0 Å². The average molecular weight is 381 g/mol. The summed E-state index contributed by atoms with van der Waals surface area (Å²) in [6.07, 6.45) is 2.17. The van der Waals surface area contributed by atoms with Crippen molar-refractivity contribution in [3.05, 3.63) is 62.9 Å². The summed E-state index contributed by atoms with van der Waals surface area (Å²) in [4.78, 5) is 41.7. The number of para-hydroxylation sites is 2. The molecular weight excluding hydrogens is 358 g/mol. The van der Waals surface area contributed by atoms with E-state index in [2.05, 4.69) is 10.1 Å². The van der Waals surface area contributed by atoms with Crippen molar-refractivity contribution in [2.24, 2.45) is 0 Å². The fourth-order valence-electron chi connectivity index (χ4n) is 3.86. The van der Waals surface area contributed by atoms with Gasteiger partial charge in [0.2, 0.25) is 0 Å². The highest BCUT2D eigenvalue weighted by Gasteiger charge is 2.27. The fraction of sp³-hybridized carbons (Fsp3) is 0.400. The largest absolute Gasteiger partial charge is 0.337 e. The smallest absolute Gasteiger partial charge is 0.326 e. The molecule has 0 saturated carbocycles. The second kappa shape index (κ2) is 7.46. The number of aryl methyl sites for hydroxylation is 1. The number of likely N-dealkylation sites (tertiary alicyclic amines) is 1. The Kier molecular flexibility index (Phi) is 4.85. The minimum absolute atomic E-state index is 0.0507. The molecule has 0 bridgehead atoms. The monoisotopic (exact) mass is 381 g/mol. The van der Waals surface area contributed by atoms with Gasteiger partial charge in [0.05, 0.1) is 11.0 Å². The zero-order valence-corrected chi connectivity index (χ0v) is 15.8. The Morgan fingerprint density at radius 2 is 1.89 bits per heavy atom. The van der Waals surface area contributed by atoms with Gasteiger partial charge < -0.3 is 9.88 Å². The van der Waals surface area contributed by atoms with Crippen molar-refractivity contribution in [3.8, 4) is 0 Å². The average Bonchev–Trinajstić information content (AvgIpc) is 3.05. The molecule has 146 valence electrons. The summed E-state index contributed by atoms with van der Waals surface area (Å²) < 4.78 is 3.14. The van der Waals surface area contributed by atoms with Gasteiger partial charge in [0, 0.05) is 31.7 Å². The molecule has 1 N–H and O–H groups in total. The lowest BCUT2D eigenvalue weighted by Crippen LogP contribution is -2.41. The summed E-state index contributed by atoms with van der Waals surface area (Å²) in [5.41, 5.74) is 1.70. The molecule has 1 aromatic carbocycles. The number of aromatic amines is 1. The molecule has 8 heteroatoms. The lowest BCUT2D eigenvalue weighted by molar-refractivity contribution is 0.0686. The first-order valence-electron chi connectivity index (χ1n) is 9.65. The molecule has 1 aliphatic heterocycles. The Balaban J connectivity index is 1.50. The van der Waals surface area contributed by atoms with E-state index >= 15 is 0 Å². The number of nitrogens with zero attached hydrogens (tertiary/aromatic N) is 4. The van der Waals surface area contributed by atoms with Crippen LogP contribution < -0.4 is 11.2 Å². The van der Waals surface area contributed by atoms with Gasteiger partial charge in [-0.25, -0.2) is 9.48 Å². The van der Waals surface area contributed by atoms with Gasteiger partial charge in [-0.2, -0.15) is 5.10 Å². The molecule has 1 saturated heterocycles. The number of piperidine rings is 1. The Bertz CT molecular complexity index is 1120. The summed E-state index contributed by atoms with van der Waals surface area (Å²) in [6.45, 7) is 3.54. The van der Waals surface area contributed by atoms with Crippen molar-refractivity contribution in [1.29, 1.82) is 0 Å². The molecule has 1 amide bonds. The fourth-order valence-corrected chi connectivity index (χ4v) is 3.86. The third-order valence-corrected chi connectivity index (χ3v) is 5.26. The maximum atomic E-state index is 12.8. The van der Waals surface area contributed by atoms with Crippen molar-refractivity contribution in [1.82, 2.24) is 24.2 Å². The number of carbonyl (C=O) groups is 1. The first-order valence-corrected chi connectivity index (χ1v) is 9.65. The first-order chi connectivity index (χ1) is 13.6. The van der Waals surface area contributed by atoms with Gasteiger partial charge in [-0.15, -0.1) is 0 Å². The predicted molar refractivity (Wildman–Crippen MR) is 106 cm³/mol. The van der Waals surface area contributed by atoms with Crippen LogP contribution in [-0.4, -0.2) is 43.2 Å².